The lowest BCUT2D eigenvalue weighted by Gasteiger charge is -2.14. The van der Waals surface area contributed by atoms with Crippen LogP contribution in [0.1, 0.15) is 48.9 Å². The topological polar surface area (TPSA) is 80.6 Å². The largest absolute Gasteiger partial charge is 0.492 e. The third-order valence-electron chi connectivity index (χ3n) is 2.80. The summed E-state index contributed by atoms with van der Waals surface area (Å²) in [5.41, 5.74) is 1.58. The third-order valence-corrected chi connectivity index (χ3v) is 2.80. The molecule has 0 radical (unpaired) electrons. The Hall–Kier alpha value is -2.51. The van der Waals surface area contributed by atoms with E-state index in [9.17, 15) is 5.26 Å². The second kappa shape index (κ2) is 7.04. The molecule has 1 rings (SSSR count). The lowest BCUT2D eigenvalue weighted by molar-refractivity contribution is 0.335. The van der Waals surface area contributed by atoms with Crippen molar-refractivity contribution in [1.82, 2.24) is 0 Å². The molecule has 0 saturated carbocycles. The van der Waals surface area contributed by atoms with Crippen LogP contribution in [0.15, 0.2) is 6.07 Å². The molecule has 0 heterocycles. The summed E-state index contributed by atoms with van der Waals surface area (Å²) in [6.07, 6.45) is 2.49. The summed E-state index contributed by atoms with van der Waals surface area (Å²) in [6, 6.07) is 7.51. The van der Waals surface area contributed by atoms with Gasteiger partial charge in [-0.15, -0.1) is 0 Å². The monoisotopic (exact) mass is 253 g/mol. The first kappa shape index (κ1) is 14.6. The molecule has 4 heteroatoms. The van der Waals surface area contributed by atoms with Gasteiger partial charge in [-0.05, 0) is 25.8 Å². The second-order valence-electron chi connectivity index (χ2n) is 4.03. The van der Waals surface area contributed by atoms with Crippen LogP contribution in [0.25, 0.3) is 0 Å². The van der Waals surface area contributed by atoms with Gasteiger partial charge in [0, 0.05) is 5.56 Å². The lowest BCUT2D eigenvalue weighted by atomic mass is 9.94. The van der Waals surface area contributed by atoms with E-state index in [4.69, 9.17) is 15.3 Å². The van der Waals surface area contributed by atoms with Gasteiger partial charge in [0.15, 0.2) is 0 Å². The van der Waals surface area contributed by atoms with E-state index in [-0.39, 0.29) is 5.56 Å². The van der Waals surface area contributed by atoms with Crippen LogP contribution in [0.3, 0.4) is 0 Å². The van der Waals surface area contributed by atoms with Crippen LogP contribution >= 0.6 is 0 Å². The van der Waals surface area contributed by atoms with E-state index in [0.29, 0.717) is 35.5 Å². The van der Waals surface area contributed by atoms with E-state index < -0.39 is 0 Å². The van der Waals surface area contributed by atoms with Crippen molar-refractivity contribution in [3.63, 3.8) is 0 Å². The molecule has 0 N–H and O–H groups in total. The summed E-state index contributed by atoms with van der Waals surface area (Å²) in [4.78, 5) is 0. The molecule has 0 fully saturated rings. The van der Waals surface area contributed by atoms with Crippen molar-refractivity contribution in [3.05, 3.63) is 28.3 Å². The maximum absolute atomic E-state index is 9.25. The Balaban J connectivity index is 3.55. The number of hydrogen-bond acceptors (Lipinski definition) is 4. The highest BCUT2D eigenvalue weighted by atomic mass is 16.5. The molecule has 19 heavy (non-hydrogen) atoms. The zero-order chi connectivity index (χ0) is 14.3. The minimum atomic E-state index is 0.244. The molecule has 1 aromatic rings. The van der Waals surface area contributed by atoms with Crippen LogP contribution in [-0.2, 0) is 6.42 Å². The van der Waals surface area contributed by atoms with Crippen molar-refractivity contribution in [1.29, 1.82) is 15.8 Å². The molecule has 0 aliphatic rings. The standard InChI is InChI=1S/C15H15N3O/c1-3-5-6-13-14(10-18)11(8-16)7-12(9-17)15(13)19-4-2/h7H,3-6H2,1-2H3. The molecular formula is C15H15N3O. The molecule has 0 atom stereocenters. The molecule has 0 aliphatic heterocycles. The Bertz CT molecular complexity index is 585. The molecule has 1 aromatic carbocycles. The molecule has 96 valence electrons. The van der Waals surface area contributed by atoms with Crippen molar-refractivity contribution in [3.8, 4) is 24.0 Å². The summed E-state index contributed by atoms with van der Waals surface area (Å²) in [6.45, 7) is 4.30. The highest BCUT2D eigenvalue weighted by Gasteiger charge is 2.18. The summed E-state index contributed by atoms with van der Waals surface area (Å²) >= 11 is 0. The van der Waals surface area contributed by atoms with Crippen LogP contribution in [0, 0.1) is 34.0 Å². The minimum absolute atomic E-state index is 0.244. The maximum Gasteiger partial charge on any atom is 0.141 e. The number of hydrogen-bond donors (Lipinski definition) is 0. The smallest absolute Gasteiger partial charge is 0.141 e. The molecular weight excluding hydrogens is 238 g/mol. The maximum atomic E-state index is 9.25. The fourth-order valence-electron chi connectivity index (χ4n) is 1.92. The van der Waals surface area contributed by atoms with Crippen molar-refractivity contribution in [2.75, 3.05) is 6.61 Å². The Morgan fingerprint density at radius 2 is 1.74 bits per heavy atom. The number of ether oxygens (including phenoxy) is 1. The van der Waals surface area contributed by atoms with E-state index in [1.165, 1.54) is 6.07 Å². The van der Waals surface area contributed by atoms with Crippen molar-refractivity contribution < 1.29 is 4.74 Å². The number of nitrogens with zero attached hydrogens (tertiary/aromatic N) is 3. The minimum Gasteiger partial charge on any atom is -0.492 e. The third kappa shape index (κ3) is 3.03. The van der Waals surface area contributed by atoms with Gasteiger partial charge in [-0.2, -0.15) is 15.8 Å². The Morgan fingerprint density at radius 1 is 1.05 bits per heavy atom. The average Bonchev–Trinajstić information content (AvgIpc) is 2.45. The summed E-state index contributed by atoms with van der Waals surface area (Å²) in [7, 11) is 0. The predicted octanol–water partition coefficient (Wildman–Crippen LogP) is 3.04. The number of benzene rings is 1. The van der Waals surface area contributed by atoms with E-state index >= 15 is 0 Å². The fraction of sp³-hybridized carbons (Fsp3) is 0.400. The van der Waals surface area contributed by atoms with E-state index in [2.05, 4.69) is 6.07 Å². The Morgan fingerprint density at radius 3 is 2.21 bits per heavy atom. The van der Waals surface area contributed by atoms with Crippen LogP contribution in [0.5, 0.6) is 5.75 Å². The summed E-state index contributed by atoms with van der Waals surface area (Å²) in [5, 5.41) is 27.5. The summed E-state index contributed by atoms with van der Waals surface area (Å²) < 4.78 is 5.52. The molecule has 0 aromatic heterocycles. The van der Waals surface area contributed by atoms with Gasteiger partial charge < -0.3 is 4.74 Å². The van der Waals surface area contributed by atoms with Gasteiger partial charge >= 0.3 is 0 Å². The van der Waals surface area contributed by atoms with E-state index in [0.717, 1.165) is 12.8 Å². The van der Waals surface area contributed by atoms with Gasteiger partial charge in [0.2, 0.25) is 0 Å². The van der Waals surface area contributed by atoms with Crippen LogP contribution in [0.4, 0.5) is 0 Å². The highest BCUT2D eigenvalue weighted by molar-refractivity contribution is 5.62. The van der Waals surface area contributed by atoms with Crippen LogP contribution < -0.4 is 4.74 Å². The average molecular weight is 253 g/mol. The molecule has 0 saturated heterocycles. The first-order valence-electron chi connectivity index (χ1n) is 6.26. The quantitative estimate of drug-likeness (QED) is 0.807. The zero-order valence-corrected chi connectivity index (χ0v) is 11.2. The van der Waals surface area contributed by atoms with Crippen molar-refractivity contribution in [2.24, 2.45) is 0 Å². The molecule has 0 bridgehead atoms. The van der Waals surface area contributed by atoms with Gasteiger partial charge in [-0.1, -0.05) is 13.3 Å². The van der Waals surface area contributed by atoms with Gasteiger partial charge in [-0.25, -0.2) is 0 Å². The number of rotatable bonds is 5. The molecule has 0 amide bonds. The first-order chi connectivity index (χ1) is 9.23. The molecule has 0 spiro atoms. The van der Waals surface area contributed by atoms with Gasteiger partial charge in [0.1, 0.15) is 24.0 Å². The molecule has 0 aliphatic carbocycles. The van der Waals surface area contributed by atoms with E-state index in [1.54, 1.807) is 0 Å². The lowest BCUT2D eigenvalue weighted by Crippen LogP contribution is -2.04. The first-order valence-corrected chi connectivity index (χ1v) is 6.26. The fourth-order valence-corrected chi connectivity index (χ4v) is 1.92. The van der Waals surface area contributed by atoms with Gasteiger partial charge in [0.25, 0.3) is 0 Å². The Kier molecular flexibility index (Phi) is 5.39. The predicted molar refractivity (Wildman–Crippen MR) is 70.4 cm³/mol. The Labute approximate surface area is 113 Å². The number of nitriles is 3. The summed E-state index contributed by atoms with van der Waals surface area (Å²) in [5.74, 6) is 0.453. The van der Waals surface area contributed by atoms with Crippen molar-refractivity contribution >= 4 is 0 Å². The normalized spacial score (nSPS) is 9.21. The van der Waals surface area contributed by atoms with Crippen LogP contribution in [-0.4, -0.2) is 6.61 Å². The number of unbranched alkanes of at least 4 members (excludes halogenated alkanes) is 1. The highest BCUT2D eigenvalue weighted by Crippen LogP contribution is 2.31. The van der Waals surface area contributed by atoms with Gasteiger partial charge in [-0.3, -0.25) is 0 Å². The van der Waals surface area contributed by atoms with E-state index in [1.807, 2.05) is 26.0 Å². The second-order valence-corrected chi connectivity index (χ2v) is 4.03. The molecule has 0 unspecified atom stereocenters. The van der Waals surface area contributed by atoms with Crippen LogP contribution in [0.2, 0.25) is 0 Å². The van der Waals surface area contributed by atoms with Crippen molar-refractivity contribution in [2.45, 2.75) is 33.1 Å². The zero-order valence-electron chi connectivity index (χ0n) is 11.2. The SMILES string of the molecule is CCCCc1c(C#N)c(C#N)cc(C#N)c1OCC. The molecule has 4 nitrogen and oxygen atoms in total. The van der Waals surface area contributed by atoms with Gasteiger partial charge in [0.05, 0.1) is 23.3 Å².